The molecule has 0 N–H and O–H groups in total. The second-order valence-electron chi connectivity index (χ2n) is 13.7. The lowest BCUT2D eigenvalue weighted by Crippen LogP contribution is -2.54. The summed E-state index contributed by atoms with van der Waals surface area (Å²) in [6, 6.07) is 16.0. The Bertz CT molecular complexity index is 1100. The molecule has 4 aliphatic carbocycles. The highest BCUT2D eigenvalue weighted by Gasteiger charge is 2.58. The van der Waals surface area contributed by atoms with Crippen LogP contribution in [0, 0.1) is 34.5 Å². The van der Waals surface area contributed by atoms with E-state index in [9.17, 15) is 0 Å². The predicted octanol–water partition coefficient (Wildman–Crippen LogP) is 9.06. The fourth-order valence-electron chi connectivity index (χ4n) is 9.20. The van der Waals surface area contributed by atoms with Gasteiger partial charge in [0.05, 0.1) is 11.7 Å². The van der Waals surface area contributed by atoms with E-state index in [1.807, 2.05) is 0 Å². The van der Waals surface area contributed by atoms with Gasteiger partial charge < -0.3 is 4.74 Å². The topological polar surface area (TPSA) is 9.23 Å². The molecule has 0 aromatic heterocycles. The highest BCUT2D eigenvalue weighted by atomic mass is 16.5. The molecule has 2 aromatic rings. The second kappa shape index (κ2) is 7.95. The summed E-state index contributed by atoms with van der Waals surface area (Å²) in [7, 11) is 0. The molecule has 0 saturated heterocycles. The van der Waals surface area contributed by atoms with Crippen molar-refractivity contribution in [2.45, 2.75) is 97.7 Å². The highest BCUT2D eigenvalue weighted by molar-refractivity contribution is 5.87. The maximum Gasteiger partial charge on any atom is 0.0602 e. The monoisotopic (exact) mass is 456 g/mol. The lowest BCUT2D eigenvalue weighted by Gasteiger charge is -2.61. The molecular formula is C33H44O. The van der Waals surface area contributed by atoms with E-state index in [2.05, 4.69) is 83.2 Å². The Morgan fingerprint density at radius 3 is 2.44 bits per heavy atom. The number of ether oxygens (including phenoxy) is 1. The lowest BCUT2D eigenvalue weighted by molar-refractivity contribution is -0.148. The number of allylic oxidation sites excluding steroid dienone is 2. The number of hydrogen-bond donors (Lipinski definition) is 0. The minimum Gasteiger partial charge on any atom is -0.373 e. The molecule has 182 valence electrons. The van der Waals surface area contributed by atoms with Crippen LogP contribution in [-0.4, -0.2) is 11.7 Å². The van der Waals surface area contributed by atoms with Crippen LogP contribution in [0.5, 0.6) is 0 Å². The summed E-state index contributed by atoms with van der Waals surface area (Å²) in [5, 5.41) is 2.73. The van der Waals surface area contributed by atoms with Gasteiger partial charge in [-0.15, -0.1) is 0 Å². The van der Waals surface area contributed by atoms with Gasteiger partial charge in [0.1, 0.15) is 0 Å². The summed E-state index contributed by atoms with van der Waals surface area (Å²) >= 11 is 0. The SMILES string of the molecule is CC(C)(C)O[C@H]1CC[C@@]2(C)[C@@H](CC[C@@H]3[C@@H]2CC[C@]2(C)C(c4ccc5ccccc5c4)=CC[C@@H]32)C1. The van der Waals surface area contributed by atoms with Crippen LogP contribution in [0.1, 0.15) is 91.5 Å². The number of fused-ring (bicyclic) bond motifs is 6. The van der Waals surface area contributed by atoms with Crippen molar-refractivity contribution in [1.82, 2.24) is 0 Å². The Morgan fingerprint density at radius 1 is 0.853 bits per heavy atom. The van der Waals surface area contributed by atoms with E-state index in [4.69, 9.17) is 4.74 Å². The number of hydrogen-bond acceptors (Lipinski definition) is 1. The molecule has 3 fully saturated rings. The summed E-state index contributed by atoms with van der Waals surface area (Å²) in [5.74, 6) is 3.49. The van der Waals surface area contributed by atoms with Gasteiger partial charge in [-0.1, -0.05) is 56.3 Å². The quantitative estimate of drug-likeness (QED) is 0.438. The first kappa shape index (κ1) is 22.8. The predicted molar refractivity (Wildman–Crippen MR) is 144 cm³/mol. The fourth-order valence-corrected chi connectivity index (χ4v) is 9.20. The third-order valence-electron chi connectivity index (χ3n) is 10.8. The van der Waals surface area contributed by atoms with Gasteiger partial charge in [0.15, 0.2) is 0 Å². The molecule has 1 heteroatoms. The molecule has 0 aliphatic heterocycles. The van der Waals surface area contributed by atoms with Crippen LogP contribution in [0.2, 0.25) is 0 Å². The third-order valence-corrected chi connectivity index (χ3v) is 10.8. The van der Waals surface area contributed by atoms with Crippen molar-refractivity contribution in [2.75, 3.05) is 0 Å². The molecule has 0 heterocycles. The summed E-state index contributed by atoms with van der Waals surface area (Å²) in [5.41, 5.74) is 3.97. The lowest BCUT2D eigenvalue weighted by atomic mass is 9.44. The van der Waals surface area contributed by atoms with Gasteiger partial charge in [-0.3, -0.25) is 0 Å². The van der Waals surface area contributed by atoms with Crippen LogP contribution in [-0.2, 0) is 4.74 Å². The fraction of sp³-hybridized carbons (Fsp3) is 0.636. The molecule has 0 unspecified atom stereocenters. The van der Waals surface area contributed by atoms with Crippen LogP contribution in [0.25, 0.3) is 16.3 Å². The van der Waals surface area contributed by atoms with Crippen LogP contribution in [0.3, 0.4) is 0 Å². The molecule has 0 radical (unpaired) electrons. The summed E-state index contributed by atoms with van der Waals surface area (Å²) in [4.78, 5) is 0. The van der Waals surface area contributed by atoms with E-state index in [1.54, 1.807) is 5.57 Å². The van der Waals surface area contributed by atoms with E-state index in [0.29, 0.717) is 16.9 Å². The largest absolute Gasteiger partial charge is 0.373 e. The van der Waals surface area contributed by atoms with Gasteiger partial charge in [0.25, 0.3) is 0 Å². The Morgan fingerprint density at radius 2 is 1.65 bits per heavy atom. The average Bonchev–Trinajstić information content (AvgIpc) is 3.15. The van der Waals surface area contributed by atoms with Gasteiger partial charge >= 0.3 is 0 Å². The first-order valence-electron chi connectivity index (χ1n) is 14.0. The van der Waals surface area contributed by atoms with Crippen molar-refractivity contribution in [3.63, 3.8) is 0 Å². The first-order valence-corrected chi connectivity index (χ1v) is 14.0. The molecule has 34 heavy (non-hydrogen) atoms. The minimum absolute atomic E-state index is 0.0169. The van der Waals surface area contributed by atoms with Crippen LogP contribution in [0.15, 0.2) is 48.5 Å². The first-order chi connectivity index (χ1) is 16.2. The molecule has 1 nitrogen and oxygen atoms in total. The van der Waals surface area contributed by atoms with Crippen molar-refractivity contribution in [2.24, 2.45) is 34.5 Å². The smallest absolute Gasteiger partial charge is 0.0602 e. The summed E-state index contributed by atoms with van der Waals surface area (Å²) in [6.45, 7) is 12.0. The van der Waals surface area contributed by atoms with Crippen LogP contribution in [0.4, 0.5) is 0 Å². The molecule has 2 aromatic carbocycles. The number of benzene rings is 2. The van der Waals surface area contributed by atoms with Crippen molar-refractivity contribution in [3.05, 3.63) is 54.1 Å². The van der Waals surface area contributed by atoms with Gasteiger partial charge in [-0.25, -0.2) is 0 Å². The van der Waals surface area contributed by atoms with E-state index in [-0.39, 0.29) is 5.60 Å². The Kier molecular flexibility index (Phi) is 5.34. The maximum absolute atomic E-state index is 6.48. The normalized spacial score (nSPS) is 39.8. The maximum atomic E-state index is 6.48. The van der Waals surface area contributed by atoms with Crippen LogP contribution < -0.4 is 0 Å². The molecule has 6 rings (SSSR count). The molecule has 3 saturated carbocycles. The zero-order valence-electron chi connectivity index (χ0n) is 22.1. The second-order valence-corrected chi connectivity index (χ2v) is 13.7. The molecule has 0 spiro atoms. The zero-order chi connectivity index (χ0) is 23.7. The average molecular weight is 457 g/mol. The third kappa shape index (κ3) is 3.60. The standard InChI is InChI=1S/C33H44O/c1-31(2,3)34-26-16-18-32(4)25(21-26)12-13-27-29-15-14-28(33(29,5)19-17-30(27)32)24-11-10-22-8-6-7-9-23(22)20-24/h6-11,14,20,25-27,29-30H,12-13,15-19,21H2,1-5H3/t25-,26-,27-,29-,30-,32-,33+/m0/s1. The van der Waals surface area contributed by atoms with Crippen molar-refractivity contribution < 1.29 is 4.74 Å². The van der Waals surface area contributed by atoms with Gasteiger partial charge in [-0.05, 0) is 135 Å². The molecule has 7 atom stereocenters. The van der Waals surface area contributed by atoms with Crippen molar-refractivity contribution in [1.29, 1.82) is 0 Å². The van der Waals surface area contributed by atoms with Crippen LogP contribution >= 0.6 is 0 Å². The molecule has 0 amide bonds. The van der Waals surface area contributed by atoms with Gasteiger partial charge in [0.2, 0.25) is 0 Å². The molecular weight excluding hydrogens is 412 g/mol. The summed E-state index contributed by atoms with van der Waals surface area (Å²) < 4.78 is 6.48. The Balaban J connectivity index is 1.23. The van der Waals surface area contributed by atoms with E-state index >= 15 is 0 Å². The molecule has 4 aliphatic rings. The Hall–Kier alpha value is -1.60. The van der Waals surface area contributed by atoms with E-state index in [1.165, 1.54) is 67.7 Å². The van der Waals surface area contributed by atoms with Gasteiger partial charge in [0, 0.05) is 0 Å². The van der Waals surface area contributed by atoms with Crippen molar-refractivity contribution in [3.8, 4) is 0 Å². The Labute approximate surface area is 207 Å². The van der Waals surface area contributed by atoms with Gasteiger partial charge in [-0.2, -0.15) is 0 Å². The van der Waals surface area contributed by atoms with Crippen molar-refractivity contribution >= 4 is 16.3 Å². The zero-order valence-corrected chi connectivity index (χ0v) is 22.1. The number of rotatable bonds is 2. The highest BCUT2D eigenvalue weighted by Crippen LogP contribution is 2.67. The van der Waals surface area contributed by atoms with E-state index in [0.717, 1.165) is 23.7 Å². The minimum atomic E-state index is -0.0169. The van der Waals surface area contributed by atoms with E-state index < -0.39 is 0 Å². The summed E-state index contributed by atoms with van der Waals surface area (Å²) in [6.07, 6.45) is 13.9. The molecule has 0 bridgehead atoms.